The summed E-state index contributed by atoms with van der Waals surface area (Å²) in [6.07, 6.45) is 1.48. The molecule has 0 saturated carbocycles. The first-order valence-corrected chi connectivity index (χ1v) is 11.7. The first kappa shape index (κ1) is 25.9. The maximum Gasteiger partial charge on any atom is 0.145 e. The number of benzene rings is 1. The minimum atomic E-state index is -1.17. The molecule has 2 heterocycles. The average Bonchev–Trinajstić information content (AvgIpc) is 3.22. The van der Waals surface area contributed by atoms with Gasteiger partial charge in [-0.2, -0.15) is 0 Å². The van der Waals surface area contributed by atoms with E-state index in [1.165, 1.54) is 17.8 Å². The molecule has 0 spiro atoms. The number of aromatic nitrogens is 4. The van der Waals surface area contributed by atoms with E-state index in [9.17, 15) is 24.1 Å². The maximum absolute atomic E-state index is 13.8. The Balaban J connectivity index is 1.79. The van der Waals surface area contributed by atoms with Crippen molar-refractivity contribution >= 4 is 39.3 Å². The van der Waals surface area contributed by atoms with Crippen LogP contribution in [0.25, 0.3) is 11.3 Å². The lowest BCUT2D eigenvalue weighted by atomic mass is 10.1. The number of halogens is 4. The smallest absolute Gasteiger partial charge is 0.145 e. The van der Waals surface area contributed by atoms with E-state index in [0.717, 1.165) is 28.4 Å². The van der Waals surface area contributed by atoms with Crippen molar-refractivity contribution in [3.05, 3.63) is 57.9 Å². The highest BCUT2D eigenvalue weighted by atomic mass is 79.9. The number of hydrogen-bond acceptors (Lipinski definition) is 8. The third-order valence-corrected chi connectivity index (χ3v) is 6.41. The molecular weight excluding hydrogens is 546 g/mol. The van der Waals surface area contributed by atoms with Gasteiger partial charge in [0.05, 0.1) is 25.5 Å². The van der Waals surface area contributed by atoms with E-state index in [1.807, 2.05) is 0 Å². The van der Waals surface area contributed by atoms with Crippen LogP contribution in [0.3, 0.4) is 0 Å². The monoisotopic (exact) mass is 564 g/mol. The van der Waals surface area contributed by atoms with E-state index in [1.54, 1.807) is 18.5 Å². The van der Waals surface area contributed by atoms with E-state index in [4.69, 9.17) is 16.3 Å². The minimum absolute atomic E-state index is 0.0946. The van der Waals surface area contributed by atoms with Gasteiger partial charge < -0.3 is 20.1 Å². The predicted molar refractivity (Wildman–Crippen MR) is 122 cm³/mol. The number of aliphatic hydroxyl groups is 3. The van der Waals surface area contributed by atoms with Gasteiger partial charge in [0.1, 0.15) is 40.0 Å². The average molecular weight is 566 g/mol. The summed E-state index contributed by atoms with van der Waals surface area (Å²) in [4.78, 5) is 4.74. The van der Waals surface area contributed by atoms with Crippen LogP contribution in [0.1, 0.15) is 6.92 Å². The van der Waals surface area contributed by atoms with Crippen molar-refractivity contribution in [2.24, 2.45) is 0 Å². The molecule has 3 aromatic rings. The highest BCUT2D eigenvalue weighted by molar-refractivity contribution is 9.10. The fourth-order valence-electron chi connectivity index (χ4n) is 2.77. The molecule has 0 aliphatic carbocycles. The van der Waals surface area contributed by atoms with Crippen LogP contribution >= 0.6 is 39.3 Å². The molecule has 0 saturated heterocycles. The van der Waals surface area contributed by atoms with E-state index in [0.29, 0.717) is 4.90 Å². The van der Waals surface area contributed by atoms with Crippen LogP contribution in [0.2, 0.25) is 5.02 Å². The molecule has 1 aromatic carbocycles. The van der Waals surface area contributed by atoms with Gasteiger partial charge in [0.15, 0.2) is 0 Å². The fourth-order valence-corrected chi connectivity index (χ4v) is 4.42. The summed E-state index contributed by atoms with van der Waals surface area (Å²) in [5.74, 6) is -1.86. The number of rotatable bonds is 10. The molecule has 4 atom stereocenters. The van der Waals surface area contributed by atoms with Crippen molar-refractivity contribution in [1.29, 1.82) is 0 Å². The number of pyridine rings is 1. The van der Waals surface area contributed by atoms with Crippen LogP contribution in [0.5, 0.6) is 0 Å². The zero-order chi connectivity index (χ0) is 24.1. The normalized spacial score (nSPS) is 15.3. The van der Waals surface area contributed by atoms with Gasteiger partial charge in [-0.25, -0.2) is 13.5 Å². The molecule has 0 bridgehead atoms. The number of aliphatic hydroxyl groups excluding tert-OH is 3. The Hall–Kier alpha value is -1.67. The minimum Gasteiger partial charge on any atom is -0.394 e. The summed E-state index contributed by atoms with van der Waals surface area (Å²) in [6, 6.07) is 3.84. The van der Waals surface area contributed by atoms with Crippen LogP contribution in [-0.4, -0.2) is 65.7 Å². The standard InChI is InChI=1S/C20H20BrClF2N4O4S/c1-10(30)18(9-29)32-20(33-13-4-12(21)5-25-6-13)17(31)8-28-7-16(26-27-28)11-2-14(23)19(22)15(24)3-11/h2-7,10,17-18,20,29-31H,8-9H2,1H3/t10-,17+,18?,20?/m1/s1. The Kier molecular flexibility index (Phi) is 9.16. The SMILES string of the molecule is C[C@@H](O)C(CO)OC(Sc1cncc(Br)c1)[C@@H](O)Cn1cc(-c2cc(F)c(Cl)c(F)c2)nn1. The van der Waals surface area contributed by atoms with Crippen molar-refractivity contribution < 1.29 is 28.8 Å². The van der Waals surface area contributed by atoms with Crippen molar-refractivity contribution in [3.8, 4) is 11.3 Å². The van der Waals surface area contributed by atoms with Gasteiger partial charge in [0.2, 0.25) is 0 Å². The van der Waals surface area contributed by atoms with Crippen molar-refractivity contribution in [3.63, 3.8) is 0 Å². The first-order valence-electron chi connectivity index (χ1n) is 9.62. The highest BCUT2D eigenvalue weighted by Crippen LogP contribution is 2.30. The Morgan fingerprint density at radius 2 is 1.91 bits per heavy atom. The zero-order valence-corrected chi connectivity index (χ0v) is 20.3. The molecule has 2 unspecified atom stereocenters. The molecule has 3 rings (SSSR count). The third-order valence-electron chi connectivity index (χ3n) is 4.47. The Bertz CT molecular complexity index is 1070. The van der Waals surface area contributed by atoms with Crippen LogP contribution in [0.15, 0.2) is 46.2 Å². The predicted octanol–water partition coefficient (Wildman–Crippen LogP) is 3.27. The van der Waals surface area contributed by atoms with E-state index in [2.05, 4.69) is 31.2 Å². The molecule has 33 heavy (non-hydrogen) atoms. The number of thioether (sulfide) groups is 1. The Morgan fingerprint density at radius 3 is 2.52 bits per heavy atom. The molecule has 13 heteroatoms. The largest absolute Gasteiger partial charge is 0.394 e. The second-order valence-electron chi connectivity index (χ2n) is 7.07. The van der Waals surface area contributed by atoms with Crippen LogP contribution < -0.4 is 0 Å². The van der Waals surface area contributed by atoms with Gasteiger partial charge >= 0.3 is 0 Å². The van der Waals surface area contributed by atoms with E-state index >= 15 is 0 Å². The number of nitrogens with zero attached hydrogens (tertiary/aromatic N) is 4. The molecule has 0 aliphatic rings. The highest BCUT2D eigenvalue weighted by Gasteiger charge is 2.28. The van der Waals surface area contributed by atoms with E-state index < -0.39 is 47.0 Å². The second-order valence-corrected chi connectivity index (χ2v) is 9.54. The number of hydrogen-bond donors (Lipinski definition) is 3. The summed E-state index contributed by atoms with van der Waals surface area (Å²) in [5, 5.41) is 37.4. The first-order chi connectivity index (χ1) is 15.7. The summed E-state index contributed by atoms with van der Waals surface area (Å²) >= 11 is 9.98. The molecule has 0 radical (unpaired) electrons. The van der Waals surface area contributed by atoms with Crippen LogP contribution in [-0.2, 0) is 11.3 Å². The lowest BCUT2D eigenvalue weighted by Gasteiger charge is -2.28. The molecule has 0 aliphatic heterocycles. The van der Waals surface area contributed by atoms with Gasteiger partial charge in [-0.1, -0.05) is 28.6 Å². The van der Waals surface area contributed by atoms with Gasteiger partial charge in [-0.3, -0.25) is 4.98 Å². The molecular formula is C20H20BrClF2N4O4S. The van der Waals surface area contributed by atoms with Gasteiger partial charge in [0.25, 0.3) is 0 Å². The topological polar surface area (TPSA) is 114 Å². The maximum atomic E-state index is 13.8. The summed E-state index contributed by atoms with van der Waals surface area (Å²) in [6.45, 7) is 0.908. The lowest BCUT2D eigenvalue weighted by Crippen LogP contribution is -2.39. The summed E-state index contributed by atoms with van der Waals surface area (Å²) < 4.78 is 35.3. The molecule has 2 aromatic heterocycles. The van der Waals surface area contributed by atoms with Crippen molar-refractivity contribution in [2.45, 2.75) is 42.1 Å². The molecule has 0 fully saturated rings. The van der Waals surface area contributed by atoms with Gasteiger partial charge in [-0.05, 0) is 41.1 Å². The molecule has 178 valence electrons. The van der Waals surface area contributed by atoms with Gasteiger partial charge in [-0.15, -0.1) is 5.10 Å². The van der Waals surface area contributed by atoms with E-state index in [-0.39, 0.29) is 17.8 Å². The van der Waals surface area contributed by atoms with Crippen molar-refractivity contribution in [1.82, 2.24) is 20.0 Å². The summed E-state index contributed by atoms with van der Waals surface area (Å²) in [5.41, 5.74) is -0.618. The Morgan fingerprint density at radius 1 is 1.21 bits per heavy atom. The third kappa shape index (κ3) is 6.92. The van der Waals surface area contributed by atoms with Gasteiger partial charge in [0, 0.05) is 27.3 Å². The quantitative estimate of drug-likeness (QED) is 0.195. The Labute approximate surface area is 205 Å². The number of ether oxygens (including phenoxy) is 1. The van der Waals surface area contributed by atoms with Crippen LogP contribution in [0, 0.1) is 11.6 Å². The second kappa shape index (κ2) is 11.6. The summed E-state index contributed by atoms with van der Waals surface area (Å²) in [7, 11) is 0. The van der Waals surface area contributed by atoms with Crippen molar-refractivity contribution in [2.75, 3.05) is 6.61 Å². The zero-order valence-electron chi connectivity index (χ0n) is 17.1. The molecule has 8 nitrogen and oxygen atoms in total. The van der Waals surface area contributed by atoms with Crippen LogP contribution in [0.4, 0.5) is 8.78 Å². The lowest BCUT2D eigenvalue weighted by molar-refractivity contribution is -0.0972. The fraction of sp³-hybridized carbons (Fsp3) is 0.350. The molecule has 3 N–H and O–H groups in total. The molecule has 0 amide bonds.